The van der Waals surface area contributed by atoms with Crippen LogP contribution in [-0.4, -0.2) is 24.3 Å². The highest BCUT2D eigenvalue weighted by molar-refractivity contribution is 5.78. The molecule has 1 aliphatic rings. The first-order valence-corrected chi connectivity index (χ1v) is 5.38. The Bertz CT molecular complexity index is 299. The molecule has 4 amide bonds. The van der Waals surface area contributed by atoms with E-state index in [9.17, 15) is 9.59 Å². The fraction of sp³-hybridized carbons (Fsp3) is 0.800. The minimum Gasteiger partial charge on any atom is -0.352 e. The van der Waals surface area contributed by atoms with Crippen molar-refractivity contribution in [3.05, 3.63) is 0 Å². The molecule has 1 heterocycles. The van der Waals surface area contributed by atoms with E-state index in [1.165, 1.54) is 0 Å². The van der Waals surface area contributed by atoms with Crippen LogP contribution in [0.5, 0.6) is 0 Å². The lowest BCUT2D eigenvalue weighted by Crippen LogP contribution is -2.71. The van der Waals surface area contributed by atoms with Crippen LogP contribution in [0.1, 0.15) is 27.7 Å². The maximum Gasteiger partial charge on any atom is 0.316 e. The summed E-state index contributed by atoms with van der Waals surface area (Å²) in [5.74, 6) is 0.276. The van der Waals surface area contributed by atoms with Gasteiger partial charge in [0.05, 0.1) is 0 Å². The van der Waals surface area contributed by atoms with Gasteiger partial charge in [-0.25, -0.2) is 9.59 Å². The van der Waals surface area contributed by atoms with Gasteiger partial charge in [0.15, 0.2) is 0 Å². The molecule has 2 unspecified atom stereocenters. The van der Waals surface area contributed by atoms with Crippen LogP contribution in [0.2, 0.25) is 0 Å². The predicted molar refractivity (Wildman–Crippen MR) is 60.6 cm³/mol. The lowest BCUT2D eigenvalue weighted by molar-refractivity contribution is 0.0958. The average molecular weight is 228 g/mol. The van der Waals surface area contributed by atoms with Crippen molar-refractivity contribution in [1.29, 1.82) is 0 Å². The van der Waals surface area contributed by atoms with Crippen LogP contribution >= 0.6 is 0 Å². The van der Waals surface area contributed by atoms with Crippen molar-refractivity contribution in [2.75, 3.05) is 0 Å². The fourth-order valence-corrected chi connectivity index (χ4v) is 2.26. The number of nitrogens with two attached hydrogens (primary N) is 1. The molecule has 5 N–H and O–H groups in total. The number of amides is 4. The van der Waals surface area contributed by atoms with E-state index >= 15 is 0 Å². The van der Waals surface area contributed by atoms with Gasteiger partial charge in [0.25, 0.3) is 0 Å². The number of hydrogen-bond donors (Lipinski definition) is 4. The number of rotatable bonds is 2. The van der Waals surface area contributed by atoms with Crippen LogP contribution in [0.15, 0.2) is 0 Å². The Balaban J connectivity index is 2.91. The van der Waals surface area contributed by atoms with Crippen LogP contribution in [-0.2, 0) is 0 Å². The second-order valence-corrected chi connectivity index (χ2v) is 5.10. The van der Waals surface area contributed by atoms with E-state index in [1.807, 2.05) is 27.7 Å². The third kappa shape index (κ3) is 2.37. The number of primary amides is 1. The molecule has 2 atom stereocenters. The maximum absolute atomic E-state index is 11.4. The van der Waals surface area contributed by atoms with Crippen LogP contribution in [0.4, 0.5) is 9.59 Å². The molecule has 6 nitrogen and oxygen atoms in total. The molecule has 0 aromatic rings. The Morgan fingerprint density at radius 2 is 2.00 bits per heavy atom. The number of nitrogens with one attached hydrogen (secondary N) is 3. The molecule has 0 aromatic heterocycles. The summed E-state index contributed by atoms with van der Waals surface area (Å²) in [4.78, 5) is 22.3. The first-order valence-electron chi connectivity index (χ1n) is 5.38. The fourth-order valence-electron chi connectivity index (χ4n) is 2.26. The Hall–Kier alpha value is -1.46. The highest BCUT2D eigenvalue weighted by Gasteiger charge is 2.44. The molecule has 1 fully saturated rings. The molecule has 0 saturated carbocycles. The van der Waals surface area contributed by atoms with Crippen molar-refractivity contribution < 1.29 is 9.59 Å². The minimum atomic E-state index is -0.636. The van der Waals surface area contributed by atoms with E-state index in [2.05, 4.69) is 16.0 Å². The first kappa shape index (κ1) is 12.6. The molecule has 0 radical (unpaired) electrons. The van der Waals surface area contributed by atoms with Crippen molar-refractivity contribution in [1.82, 2.24) is 16.0 Å². The van der Waals surface area contributed by atoms with Gasteiger partial charge in [0.1, 0.15) is 6.17 Å². The zero-order chi connectivity index (χ0) is 12.5. The molecule has 1 rings (SSSR count). The van der Waals surface area contributed by atoms with Crippen molar-refractivity contribution in [2.24, 2.45) is 17.1 Å². The van der Waals surface area contributed by atoms with Gasteiger partial charge in [0.2, 0.25) is 0 Å². The van der Waals surface area contributed by atoms with Gasteiger partial charge in [-0.05, 0) is 5.92 Å². The summed E-state index contributed by atoms with van der Waals surface area (Å²) in [6.07, 6.45) is -0.453. The monoisotopic (exact) mass is 228 g/mol. The molecular formula is C10H20N4O2. The molecule has 0 aliphatic carbocycles. The summed E-state index contributed by atoms with van der Waals surface area (Å²) in [5.41, 5.74) is 4.78. The van der Waals surface area contributed by atoms with Crippen LogP contribution in [0.25, 0.3) is 0 Å². The Kier molecular flexibility index (Phi) is 3.30. The SMILES string of the molecule is CC(C)C1NC(=O)NC(NC(N)=O)C1(C)C. The zero-order valence-corrected chi connectivity index (χ0v) is 10.1. The van der Waals surface area contributed by atoms with Crippen molar-refractivity contribution in [3.8, 4) is 0 Å². The van der Waals surface area contributed by atoms with Crippen LogP contribution in [0.3, 0.4) is 0 Å². The molecule has 1 saturated heterocycles. The molecule has 1 aliphatic heterocycles. The zero-order valence-electron chi connectivity index (χ0n) is 10.1. The predicted octanol–water partition coefficient (Wildman–Crippen LogP) is 0.344. The van der Waals surface area contributed by atoms with Gasteiger partial charge < -0.3 is 21.7 Å². The smallest absolute Gasteiger partial charge is 0.316 e. The Labute approximate surface area is 95.3 Å². The standard InChI is InChI=1S/C10H20N4O2/c1-5(2)6-10(3,4)7(13-8(11)15)14-9(16)12-6/h5-7H,1-4H3,(H3,11,13,15)(H2,12,14,16). The van der Waals surface area contributed by atoms with E-state index in [1.54, 1.807) is 0 Å². The van der Waals surface area contributed by atoms with Crippen LogP contribution in [0, 0.1) is 11.3 Å². The first-order chi connectivity index (χ1) is 7.25. The highest BCUT2D eigenvalue weighted by atomic mass is 16.2. The quantitative estimate of drug-likeness (QED) is 0.548. The van der Waals surface area contributed by atoms with Gasteiger partial charge in [-0.15, -0.1) is 0 Å². The molecule has 6 heteroatoms. The third-order valence-corrected chi connectivity index (χ3v) is 3.06. The van der Waals surface area contributed by atoms with E-state index in [4.69, 9.17) is 5.73 Å². The second-order valence-electron chi connectivity index (χ2n) is 5.10. The lowest BCUT2D eigenvalue weighted by Gasteiger charge is -2.47. The Morgan fingerprint density at radius 1 is 1.44 bits per heavy atom. The number of hydrogen-bond acceptors (Lipinski definition) is 2. The summed E-state index contributed by atoms with van der Waals surface area (Å²) in [6, 6.07) is -0.933. The summed E-state index contributed by atoms with van der Waals surface area (Å²) in [7, 11) is 0. The van der Waals surface area contributed by atoms with Crippen molar-refractivity contribution >= 4 is 12.1 Å². The summed E-state index contributed by atoms with van der Waals surface area (Å²) < 4.78 is 0. The molecule has 0 spiro atoms. The summed E-state index contributed by atoms with van der Waals surface area (Å²) >= 11 is 0. The van der Waals surface area contributed by atoms with Crippen LogP contribution < -0.4 is 21.7 Å². The largest absolute Gasteiger partial charge is 0.352 e. The maximum atomic E-state index is 11.4. The summed E-state index contributed by atoms with van der Waals surface area (Å²) in [5, 5.41) is 8.08. The van der Waals surface area contributed by atoms with E-state index in [-0.39, 0.29) is 23.4 Å². The minimum absolute atomic E-state index is 0.0156. The average Bonchev–Trinajstić information content (AvgIpc) is 2.09. The second kappa shape index (κ2) is 4.19. The number of carbonyl (C=O) groups excluding carboxylic acids is 2. The van der Waals surface area contributed by atoms with Gasteiger partial charge in [-0.3, -0.25) is 0 Å². The lowest BCUT2D eigenvalue weighted by atomic mass is 9.74. The van der Waals surface area contributed by atoms with Crippen molar-refractivity contribution in [2.45, 2.75) is 39.9 Å². The Morgan fingerprint density at radius 3 is 2.44 bits per heavy atom. The van der Waals surface area contributed by atoms with E-state index < -0.39 is 12.2 Å². The third-order valence-electron chi connectivity index (χ3n) is 3.06. The highest BCUT2D eigenvalue weighted by Crippen LogP contribution is 2.31. The molecule has 0 aromatic carbocycles. The normalized spacial score (nSPS) is 28.2. The number of carbonyl (C=O) groups is 2. The van der Waals surface area contributed by atoms with E-state index in [0.717, 1.165) is 0 Å². The number of urea groups is 2. The van der Waals surface area contributed by atoms with Gasteiger partial charge >= 0.3 is 12.1 Å². The molecule has 92 valence electrons. The molecular weight excluding hydrogens is 208 g/mol. The van der Waals surface area contributed by atoms with Gasteiger partial charge in [0, 0.05) is 11.5 Å². The van der Waals surface area contributed by atoms with E-state index in [0.29, 0.717) is 0 Å². The molecule has 0 bridgehead atoms. The van der Waals surface area contributed by atoms with Crippen molar-refractivity contribution in [3.63, 3.8) is 0 Å². The topological polar surface area (TPSA) is 96.2 Å². The van der Waals surface area contributed by atoms with Gasteiger partial charge in [-0.1, -0.05) is 27.7 Å². The van der Waals surface area contributed by atoms with Gasteiger partial charge in [-0.2, -0.15) is 0 Å². The summed E-state index contributed by atoms with van der Waals surface area (Å²) in [6.45, 7) is 8.01. The molecule has 16 heavy (non-hydrogen) atoms.